The molecule has 0 aliphatic rings. The molecule has 0 heterocycles. The minimum absolute atomic E-state index is 0. The van der Waals surface area contributed by atoms with Crippen molar-refractivity contribution in [3.63, 3.8) is 0 Å². The first-order valence-electron chi connectivity index (χ1n) is 0. The van der Waals surface area contributed by atoms with Crippen molar-refractivity contribution in [3.05, 3.63) is 0 Å². The van der Waals surface area contributed by atoms with E-state index >= 15 is 0 Å². The predicted molar refractivity (Wildman–Crippen MR) is 0 cm³/mol. The molecule has 0 saturated heterocycles. The van der Waals surface area contributed by atoms with Gasteiger partial charge in [0.25, 0.3) is 0 Å². The van der Waals surface area contributed by atoms with Crippen LogP contribution in [0.1, 0.15) is 0 Å². The zero-order valence-corrected chi connectivity index (χ0v) is 13.5. The van der Waals surface area contributed by atoms with E-state index in [1.165, 1.54) is 0 Å². The second kappa shape index (κ2) is 50.5. The van der Waals surface area contributed by atoms with Crippen molar-refractivity contribution in [2.24, 2.45) is 0 Å². The van der Waals surface area contributed by atoms with Crippen LogP contribution >= 0.6 is 0 Å². The fraction of sp³-hybridized carbons (Fsp3) is 0. The third-order valence-corrected chi connectivity index (χ3v) is 0. The maximum atomic E-state index is 0. The average Bonchev–Trinajstić information content (AvgIpc) is 0. The van der Waals surface area contributed by atoms with Crippen molar-refractivity contribution < 1.29 is 128 Å². The van der Waals surface area contributed by atoms with E-state index in [0.717, 1.165) is 0 Å². The Kier molecular flexibility index (Phi) is 495. The van der Waals surface area contributed by atoms with Crippen molar-refractivity contribution >= 4 is 0 Å². The van der Waals surface area contributed by atoms with Gasteiger partial charge in [-0.3, -0.25) is 0 Å². The number of hydrogen-bond acceptors (Lipinski definition) is 0. The van der Waals surface area contributed by atoms with E-state index in [0.29, 0.717) is 0 Å². The van der Waals surface area contributed by atoms with Gasteiger partial charge in [-0.05, 0) is 0 Å². The Morgan fingerprint density at radius 1 is 1.00 bits per heavy atom. The molecule has 49 valence electrons. The maximum Gasteiger partial charge on any atom is 0 e. The Hall–Kier alpha value is 4.01. The molecule has 0 rings (SSSR count). The van der Waals surface area contributed by atoms with Gasteiger partial charge in [-0.25, -0.2) is 0 Å². The molecule has 0 amide bonds. The van der Waals surface area contributed by atoms with Gasteiger partial charge in [0.1, 0.15) is 0 Å². The molecule has 0 aromatic rings. The summed E-state index contributed by atoms with van der Waals surface area (Å²) in [4.78, 5) is 0. The Morgan fingerprint density at radius 2 is 1.00 bits per heavy atom. The van der Waals surface area contributed by atoms with Gasteiger partial charge in [0.2, 0.25) is 0 Å². The molecule has 0 bridgehead atoms. The van der Waals surface area contributed by atoms with Crippen LogP contribution in [-0.4, -0.2) is 0 Å². The van der Waals surface area contributed by atoms with Gasteiger partial charge in [-0.15, -0.1) is 0 Å². The van der Waals surface area contributed by atoms with Gasteiger partial charge in [0.15, 0.2) is 0 Å². The molecule has 0 nitrogen and oxygen atoms in total. The molecule has 0 aliphatic heterocycles. The van der Waals surface area contributed by atoms with Crippen LogP contribution in [0.15, 0.2) is 0 Å². The largest absolute Gasteiger partial charge is 0 e. The van der Waals surface area contributed by atoms with E-state index in [-0.39, 0.29) is 128 Å². The van der Waals surface area contributed by atoms with Crippen LogP contribution in [0.5, 0.6) is 0 Å². The molecular weight excluding hydrogens is 555 g/mol. The third-order valence-electron chi connectivity index (χ3n) is 0. The van der Waals surface area contributed by atoms with E-state index in [2.05, 4.69) is 0 Å². The molecule has 0 unspecified atom stereocenters. The van der Waals surface area contributed by atoms with E-state index in [1.807, 2.05) is 0 Å². The van der Waals surface area contributed by atoms with Crippen LogP contribution in [0.25, 0.3) is 0 Å². The maximum absolute atomic E-state index is 0. The first kappa shape index (κ1) is 68.6. The molecular formula is CoCrMnMoNiVW. The van der Waals surface area contributed by atoms with Gasteiger partial charge < -0.3 is 0 Å². The standard InChI is InChI=1S/Co.Cr.Mn.Mo.Ni.V.W. The van der Waals surface area contributed by atoms with E-state index in [9.17, 15) is 0 Å². The quantitative estimate of drug-likeness (QED) is 0.369. The fourth-order valence-electron chi connectivity index (χ4n) is 0. The topological polar surface area (TPSA) is 0 Å². The van der Waals surface area contributed by atoms with Crippen molar-refractivity contribution in [2.45, 2.75) is 0 Å². The van der Waals surface area contributed by atoms with Crippen molar-refractivity contribution in [1.29, 1.82) is 0 Å². The summed E-state index contributed by atoms with van der Waals surface area (Å²) < 4.78 is 0. The molecule has 0 aliphatic carbocycles. The second-order valence-corrected chi connectivity index (χ2v) is 0. The summed E-state index contributed by atoms with van der Waals surface area (Å²) in [7, 11) is 0. The molecule has 7 heteroatoms. The molecule has 0 saturated carbocycles. The van der Waals surface area contributed by atoms with Crippen LogP contribution in [-0.2, 0) is 128 Å². The minimum Gasteiger partial charge on any atom is 0 e. The second-order valence-electron chi connectivity index (χ2n) is 0. The zero-order chi connectivity index (χ0) is 0. The third kappa shape index (κ3) is 39.9. The van der Waals surface area contributed by atoms with Gasteiger partial charge in [0.05, 0.1) is 0 Å². The first-order valence-corrected chi connectivity index (χ1v) is 0. The van der Waals surface area contributed by atoms with Crippen LogP contribution in [0.3, 0.4) is 0 Å². The Bertz CT molecular complexity index is 19.7. The SMILES string of the molecule is [Co].[Cr].[Mn].[Mo].[Ni].[V].[W]. The summed E-state index contributed by atoms with van der Waals surface area (Å²) in [6.45, 7) is 0. The van der Waals surface area contributed by atoms with Crippen LogP contribution in [0.2, 0.25) is 0 Å². The van der Waals surface area contributed by atoms with E-state index in [4.69, 9.17) is 0 Å². The zero-order valence-electron chi connectivity index (χ0n) is 2.70. The summed E-state index contributed by atoms with van der Waals surface area (Å²) in [5, 5.41) is 0. The summed E-state index contributed by atoms with van der Waals surface area (Å²) in [5.41, 5.74) is 0. The normalized spacial score (nSPS) is 0. The van der Waals surface area contributed by atoms with Crippen molar-refractivity contribution in [1.82, 2.24) is 0 Å². The smallest absolute Gasteiger partial charge is 0 e. The van der Waals surface area contributed by atoms with Crippen molar-refractivity contribution in [2.75, 3.05) is 0 Å². The monoisotopic (exact) mass is 557 g/mol. The predicted octanol–water partition coefficient (Wildman–Crippen LogP) is -0.0175. The molecule has 0 spiro atoms. The molecule has 3 radical (unpaired) electrons. The number of hydrogen-bond donors (Lipinski definition) is 0. The van der Waals surface area contributed by atoms with Gasteiger partial charge >= 0.3 is 0 Å². The minimum atomic E-state index is 0. The summed E-state index contributed by atoms with van der Waals surface area (Å²) in [6.07, 6.45) is 0. The van der Waals surface area contributed by atoms with Gasteiger partial charge in [-0.1, -0.05) is 0 Å². The van der Waals surface area contributed by atoms with Crippen molar-refractivity contribution in [3.8, 4) is 0 Å². The fourth-order valence-corrected chi connectivity index (χ4v) is 0. The first-order chi connectivity index (χ1) is 0. The van der Waals surface area contributed by atoms with Crippen LogP contribution in [0, 0.1) is 0 Å². The molecule has 0 atom stereocenters. The molecule has 0 aromatic carbocycles. The van der Waals surface area contributed by atoms with E-state index < -0.39 is 0 Å². The Morgan fingerprint density at radius 3 is 1.00 bits per heavy atom. The average molecular weight is 555 g/mol. The summed E-state index contributed by atoms with van der Waals surface area (Å²) in [5.74, 6) is 0. The molecule has 7 heavy (non-hydrogen) atoms. The summed E-state index contributed by atoms with van der Waals surface area (Å²) >= 11 is 0. The molecule has 0 N–H and O–H groups in total. The Balaban J connectivity index is 0. The molecule has 0 aromatic heterocycles. The summed E-state index contributed by atoms with van der Waals surface area (Å²) in [6, 6.07) is 0. The molecule has 0 fully saturated rings. The van der Waals surface area contributed by atoms with E-state index in [1.54, 1.807) is 0 Å². The Labute approximate surface area is 126 Å². The van der Waals surface area contributed by atoms with Crippen LogP contribution in [0.4, 0.5) is 0 Å². The van der Waals surface area contributed by atoms with Crippen LogP contribution < -0.4 is 0 Å². The van der Waals surface area contributed by atoms with Gasteiger partial charge in [0, 0.05) is 128 Å². The van der Waals surface area contributed by atoms with Gasteiger partial charge in [-0.2, -0.15) is 0 Å². The number of rotatable bonds is 0.